The first-order valence-corrected chi connectivity index (χ1v) is 6.28. The van der Waals surface area contributed by atoms with Gasteiger partial charge in [0.2, 0.25) is 0 Å². The highest BCUT2D eigenvalue weighted by Gasteiger charge is 2.40. The first-order valence-electron chi connectivity index (χ1n) is 6.28. The quantitative estimate of drug-likeness (QED) is 0.752. The first-order chi connectivity index (χ1) is 7.12. The van der Waals surface area contributed by atoms with Gasteiger partial charge < -0.3 is 10.6 Å². The number of piperidine rings is 1. The SMILES string of the molecule is CN(C)C1(CN2CCCC(N)C2)CCC1. The average Bonchev–Trinajstić information content (AvgIpc) is 2.11. The Labute approximate surface area is 93.6 Å². The Balaban J connectivity index is 1.89. The van der Waals surface area contributed by atoms with E-state index in [-0.39, 0.29) is 0 Å². The molecule has 0 amide bonds. The van der Waals surface area contributed by atoms with Crippen LogP contribution in [0.5, 0.6) is 0 Å². The molecule has 3 heteroatoms. The van der Waals surface area contributed by atoms with Gasteiger partial charge in [0.15, 0.2) is 0 Å². The van der Waals surface area contributed by atoms with Gasteiger partial charge in [-0.25, -0.2) is 0 Å². The van der Waals surface area contributed by atoms with Crippen molar-refractivity contribution in [3.05, 3.63) is 0 Å². The van der Waals surface area contributed by atoms with E-state index >= 15 is 0 Å². The van der Waals surface area contributed by atoms with Gasteiger partial charge in [-0.15, -0.1) is 0 Å². The standard InChI is InChI=1S/C12H25N3/c1-14(2)12(6-4-7-12)10-15-8-3-5-11(13)9-15/h11H,3-10,13H2,1-2H3. The summed E-state index contributed by atoms with van der Waals surface area (Å²) in [4.78, 5) is 5.00. The van der Waals surface area contributed by atoms with Crippen LogP contribution in [0.25, 0.3) is 0 Å². The van der Waals surface area contributed by atoms with E-state index in [0.29, 0.717) is 11.6 Å². The molecule has 1 saturated carbocycles. The van der Waals surface area contributed by atoms with Crippen molar-refractivity contribution in [1.29, 1.82) is 0 Å². The van der Waals surface area contributed by atoms with Crippen LogP contribution < -0.4 is 5.73 Å². The minimum Gasteiger partial charge on any atom is -0.327 e. The van der Waals surface area contributed by atoms with Crippen molar-refractivity contribution in [2.75, 3.05) is 33.7 Å². The number of rotatable bonds is 3. The Morgan fingerprint density at radius 2 is 2.07 bits per heavy atom. The van der Waals surface area contributed by atoms with E-state index in [1.807, 2.05) is 0 Å². The average molecular weight is 211 g/mol. The Morgan fingerprint density at radius 1 is 1.33 bits per heavy atom. The maximum atomic E-state index is 6.02. The second-order valence-electron chi connectivity index (χ2n) is 5.61. The minimum absolute atomic E-state index is 0.415. The van der Waals surface area contributed by atoms with E-state index in [4.69, 9.17) is 5.73 Å². The van der Waals surface area contributed by atoms with Crippen LogP contribution in [0.4, 0.5) is 0 Å². The zero-order valence-electron chi connectivity index (χ0n) is 10.2. The molecule has 0 aromatic heterocycles. The minimum atomic E-state index is 0.415. The molecule has 1 aliphatic heterocycles. The lowest BCUT2D eigenvalue weighted by molar-refractivity contribution is 0.0130. The van der Waals surface area contributed by atoms with Crippen molar-refractivity contribution in [1.82, 2.24) is 9.80 Å². The summed E-state index contributed by atoms with van der Waals surface area (Å²) in [6.07, 6.45) is 6.63. The summed E-state index contributed by atoms with van der Waals surface area (Å²) in [5.74, 6) is 0. The summed E-state index contributed by atoms with van der Waals surface area (Å²) >= 11 is 0. The van der Waals surface area contributed by atoms with Crippen LogP contribution >= 0.6 is 0 Å². The number of likely N-dealkylation sites (tertiary alicyclic amines) is 1. The predicted molar refractivity (Wildman–Crippen MR) is 63.9 cm³/mol. The molecule has 1 aliphatic carbocycles. The van der Waals surface area contributed by atoms with Crippen LogP contribution in [-0.4, -0.2) is 55.1 Å². The van der Waals surface area contributed by atoms with Crippen molar-refractivity contribution in [3.8, 4) is 0 Å². The Morgan fingerprint density at radius 3 is 2.53 bits per heavy atom. The lowest BCUT2D eigenvalue weighted by atomic mass is 9.75. The smallest absolute Gasteiger partial charge is 0.0330 e. The molecule has 2 fully saturated rings. The summed E-state index contributed by atoms with van der Waals surface area (Å²) in [5, 5.41) is 0. The molecule has 0 aromatic carbocycles. The lowest BCUT2D eigenvalue weighted by Crippen LogP contribution is -2.59. The van der Waals surface area contributed by atoms with Gasteiger partial charge in [-0.2, -0.15) is 0 Å². The van der Waals surface area contributed by atoms with Gasteiger partial charge in [0.25, 0.3) is 0 Å². The molecule has 2 N–H and O–H groups in total. The van der Waals surface area contributed by atoms with Crippen LogP contribution in [0.3, 0.4) is 0 Å². The summed E-state index contributed by atoms with van der Waals surface area (Å²) in [6.45, 7) is 3.59. The maximum absolute atomic E-state index is 6.02. The molecule has 2 rings (SSSR count). The molecule has 0 aromatic rings. The number of hydrogen-bond donors (Lipinski definition) is 1. The van der Waals surface area contributed by atoms with Crippen molar-refractivity contribution in [3.63, 3.8) is 0 Å². The fraction of sp³-hybridized carbons (Fsp3) is 1.00. The van der Waals surface area contributed by atoms with Crippen molar-refractivity contribution < 1.29 is 0 Å². The Kier molecular flexibility index (Phi) is 3.33. The summed E-state index contributed by atoms with van der Waals surface area (Å²) in [6, 6.07) is 0.415. The van der Waals surface area contributed by atoms with Crippen molar-refractivity contribution >= 4 is 0 Å². The summed E-state index contributed by atoms with van der Waals surface area (Å²) in [5.41, 5.74) is 6.49. The highest BCUT2D eigenvalue weighted by molar-refractivity contribution is 4.99. The van der Waals surface area contributed by atoms with Crippen LogP contribution in [0.2, 0.25) is 0 Å². The summed E-state index contributed by atoms with van der Waals surface area (Å²) < 4.78 is 0. The number of nitrogens with two attached hydrogens (primary N) is 1. The molecule has 2 aliphatic rings. The fourth-order valence-electron chi connectivity index (χ4n) is 2.98. The van der Waals surface area contributed by atoms with Crippen molar-refractivity contribution in [2.24, 2.45) is 5.73 Å². The second kappa shape index (κ2) is 4.40. The van der Waals surface area contributed by atoms with Crippen LogP contribution in [0, 0.1) is 0 Å². The van der Waals surface area contributed by atoms with E-state index in [0.717, 1.165) is 6.54 Å². The molecular weight excluding hydrogens is 186 g/mol. The maximum Gasteiger partial charge on any atom is 0.0330 e. The van der Waals surface area contributed by atoms with Gasteiger partial charge in [-0.1, -0.05) is 0 Å². The summed E-state index contributed by atoms with van der Waals surface area (Å²) in [7, 11) is 4.45. The normalized spacial score (nSPS) is 31.6. The molecule has 3 nitrogen and oxygen atoms in total. The zero-order chi connectivity index (χ0) is 10.9. The second-order valence-corrected chi connectivity index (χ2v) is 5.61. The molecule has 1 saturated heterocycles. The molecule has 0 spiro atoms. The van der Waals surface area contributed by atoms with Gasteiger partial charge in [-0.05, 0) is 52.7 Å². The van der Waals surface area contributed by atoms with Crippen molar-refractivity contribution in [2.45, 2.75) is 43.7 Å². The predicted octanol–water partition coefficient (Wildman–Crippen LogP) is 0.894. The monoisotopic (exact) mass is 211 g/mol. The van der Waals surface area contributed by atoms with Gasteiger partial charge in [-0.3, -0.25) is 4.90 Å². The van der Waals surface area contributed by atoms with E-state index in [9.17, 15) is 0 Å². The van der Waals surface area contributed by atoms with E-state index < -0.39 is 0 Å². The van der Waals surface area contributed by atoms with Crippen LogP contribution in [-0.2, 0) is 0 Å². The van der Waals surface area contributed by atoms with Crippen LogP contribution in [0.1, 0.15) is 32.1 Å². The lowest BCUT2D eigenvalue weighted by Gasteiger charge is -2.50. The number of nitrogens with zero attached hydrogens (tertiary/aromatic N) is 2. The van der Waals surface area contributed by atoms with Crippen LogP contribution in [0.15, 0.2) is 0 Å². The van der Waals surface area contributed by atoms with E-state index in [1.165, 1.54) is 45.2 Å². The highest BCUT2D eigenvalue weighted by Crippen LogP contribution is 2.37. The molecule has 1 atom stereocenters. The first kappa shape index (κ1) is 11.4. The van der Waals surface area contributed by atoms with Gasteiger partial charge in [0.05, 0.1) is 0 Å². The Bertz CT molecular complexity index is 211. The zero-order valence-corrected chi connectivity index (χ0v) is 10.2. The third-order valence-electron chi connectivity index (χ3n) is 4.29. The fourth-order valence-corrected chi connectivity index (χ4v) is 2.98. The third kappa shape index (κ3) is 2.35. The topological polar surface area (TPSA) is 32.5 Å². The van der Waals surface area contributed by atoms with E-state index in [1.54, 1.807) is 0 Å². The number of likely N-dealkylation sites (N-methyl/N-ethyl adjacent to an activating group) is 1. The molecular formula is C12H25N3. The molecule has 1 unspecified atom stereocenters. The molecule has 1 heterocycles. The van der Waals surface area contributed by atoms with Gasteiger partial charge in [0.1, 0.15) is 0 Å². The molecule has 88 valence electrons. The van der Waals surface area contributed by atoms with E-state index in [2.05, 4.69) is 23.9 Å². The van der Waals surface area contributed by atoms with Gasteiger partial charge in [0, 0.05) is 24.7 Å². The highest BCUT2D eigenvalue weighted by atomic mass is 15.2. The largest absolute Gasteiger partial charge is 0.327 e. The molecule has 0 bridgehead atoms. The molecule has 0 radical (unpaired) electrons. The van der Waals surface area contributed by atoms with Gasteiger partial charge >= 0.3 is 0 Å². The molecule has 15 heavy (non-hydrogen) atoms. The number of hydrogen-bond acceptors (Lipinski definition) is 3. The third-order valence-corrected chi connectivity index (χ3v) is 4.29. The Hall–Kier alpha value is -0.120.